The molecule has 6 heteroatoms. The van der Waals surface area contributed by atoms with E-state index in [2.05, 4.69) is 9.97 Å². The number of carboxylic acid groups (broad SMARTS) is 1. The highest BCUT2D eigenvalue weighted by Crippen LogP contribution is 2.31. The normalized spacial score (nSPS) is 10.8. The lowest BCUT2D eigenvalue weighted by atomic mass is 10.1. The van der Waals surface area contributed by atoms with E-state index in [1.165, 1.54) is 6.07 Å². The second-order valence-electron chi connectivity index (χ2n) is 4.32. The van der Waals surface area contributed by atoms with Gasteiger partial charge in [-0.2, -0.15) is 0 Å². The third kappa shape index (κ3) is 2.44. The molecule has 2 aromatic heterocycles. The fraction of sp³-hybridized carbons (Fsp3) is 0. The first-order valence-corrected chi connectivity index (χ1v) is 6.75. The van der Waals surface area contributed by atoms with Gasteiger partial charge in [0.1, 0.15) is 5.15 Å². The number of hydrogen-bond donors (Lipinski definition) is 0. The van der Waals surface area contributed by atoms with Gasteiger partial charge in [-0.25, -0.2) is 4.98 Å². The molecular formula is C15H7Cl2N2O2-. The number of fused-ring (bicyclic) bond motifs is 1. The zero-order valence-electron chi connectivity index (χ0n) is 10.5. The molecule has 0 aliphatic rings. The molecule has 0 radical (unpaired) electrons. The van der Waals surface area contributed by atoms with Crippen LogP contribution in [0.25, 0.3) is 22.2 Å². The minimum atomic E-state index is -1.36. The van der Waals surface area contributed by atoms with Crippen LogP contribution in [-0.4, -0.2) is 15.9 Å². The molecular weight excluding hydrogens is 311 g/mol. The largest absolute Gasteiger partial charge is 0.545 e. The summed E-state index contributed by atoms with van der Waals surface area (Å²) in [5, 5.41) is 12.1. The molecule has 0 fully saturated rings. The van der Waals surface area contributed by atoms with Crippen molar-refractivity contribution in [1.82, 2.24) is 9.97 Å². The minimum absolute atomic E-state index is 0.119. The topological polar surface area (TPSA) is 65.9 Å². The van der Waals surface area contributed by atoms with E-state index >= 15 is 0 Å². The third-order valence-electron chi connectivity index (χ3n) is 3.06. The number of halogens is 2. The van der Waals surface area contributed by atoms with Crippen LogP contribution in [0.1, 0.15) is 10.4 Å². The summed E-state index contributed by atoms with van der Waals surface area (Å²) < 4.78 is 0. The number of carbonyl (C=O) groups excluding carboxylic acids is 1. The average Bonchev–Trinajstić information content (AvgIpc) is 2.47. The molecule has 2 heterocycles. The molecule has 0 N–H and O–H groups in total. The van der Waals surface area contributed by atoms with Crippen LogP contribution < -0.4 is 5.11 Å². The summed E-state index contributed by atoms with van der Waals surface area (Å²) in [6, 6.07) is 10.1. The molecule has 3 rings (SSSR count). The molecule has 0 aliphatic heterocycles. The lowest BCUT2D eigenvalue weighted by molar-refractivity contribution is -0.255. The van der Waals surface area contributed by atoms with Crippen molar-refractivity contribution < 1.29 is 9.90 Å². The number of rotatable bonds is 2. The van der Waals surface area contributed by atoms with Crippen LogP contribution >= 0.6 is 23.2 Å². The number of benzene rings is 1. The Morgan fingerprint density at radius 2 is 1.90 bits per heavy atom. The molecule has 0 unspecified atom stereocenters. The van der Waals surface area contributed by atoms with Gasteiger partial charge < -0.3 is 9.90 Å². The maximum atomic E-state index is 10.9. The summed E-state index contributed by atoms with van der Waals surface area (Å²) in [5.41, 5.74) is 1.77. The Kier molecular flexibility index (Phi) is 3.49. The highest BCUT2D eigenvalue weighted by Gasteiger charge is 2.11. The number of aromatic carboxylic acids is 1. The smallest absolute Gasteiger partial charge is 0.138 e. The highest BCUT2D eigenvalue weighted by molar-refractivity contribution is 6.36. The van der Waals surface area contributed by atoms with Crippen LogP contribution in [0.5, 0.6) is 0 Å². The minimum Gasteiger partial charge on any atom is -0.545 e. The summed E-state index contributed by atoms with van der Waals surface area (Å²) in [7, 11) is 0. The van der Waals surface area contributed by atoms with Crippen LogP contribution in [0.15, 0.2) is 42.6 Å². The molecule has 0 aliphatic carbocycles. The van der Waals surface area contributed by atoms with E-state index < -0.39 is 5.97 Å². The number of aromatic nitrogens is 2. The Hall–Kier alpha value is -2.17. The van der Waals surface area contributed by atoms with Crippen molar-refractivity contribution in [2.75, 3.05) is 0 Å². The molecule has 0 amide bonds. The van der Waals surface area contributed by atoms with Gasteiger partial charge in [0.2, 0.25) is 0 Å². The van der Waals surface area contributed by atoms with Gasteiger partial charge in [0.25, 0.3) is 0 Å². The first-order chi connectivity index (χ1) is 10.1. The lowest BCUT2D eigenvalue weighted by Gasteiger charge is -2.09. The predicted molar refractivity (Wildman–Crippen MR) is 79.3 cm³/mol. The Bertz CT molecular complexity index is 865. The maximum absolute atomic E-state index is 10.9. The van der Waals surface area contributed by atoms with Gasteiger partial charge >= 0.3 is 0 Å². The molecule has 0 spiro atoms. The summed E-state index contributed by atoms with van der Waals surface area (Å²) in [6.07, 6.45) is 1.65. The Balaban J connectivity index is 2.24. The van der Waals surface area contributed by atoms with Crippen molar-refractivity contribution >= 4 is 40.1 Å². The van der Waals surface area contributed by atoms with E-state index in [-0.39, 0.29) is 10.7 Å². The van der Waals surface area contributed by atoms with Crippen molar-refractivity contribution in [2.45, 2.75) is 0 Å². The van der Waals surface area contributed by atoms with E-state index in [0.29, 0.717) is 16.2 Å². The Morgan fingerprint density at radius 3 is 2.62 bits per heavy atom. The molecule has 0 atom stereocenters. The van der Waals surface area contributed by atoms with Crippen LogP contribution in [0, 0.1) is 0 Å². The number of nitrogens with zero attached hydrogens (tertiary/aromatic N) is 2. The zero-order chi connectivity index (χ0) is 15.0. The van der Waals surface area contributed by atoms with Crippen molar-refractivity contribution in [3.8, 4) is 11.3 Å². The van der Waals surface area contributed by atoms with Gasteiger partial charge in [-0.05, 0) is 36.4 Å². The van der Waals surface area contributed by atoms with Crippen LogP contribution in [-0.2, 0) is 0 Å². The van der Waals surface area contributed by atoms with Crippen molar-refractivity contribution in [1.29, 1.82) is 0 Å². The predicted octanol–water partition coefficient (Wildman–Crippen LogP) is 2.97. The highest BCUT2D eigenvalue weighted by atomic mass is 35.5. The van der Waals surface area contributed by atoms with Crippen LogP contribution in [0.4, 0.5) is 0 Å². The summed E-state index contributed by atoms with van der Waals surface area (Å²) >= 11 is 12.0. The second-order valence-corrected chi connectivity index (χ2v) is 5.08. The molecule has 0 saturated heterocycles. The second kappa shape index (κ2) is 5.31. The van der Waals surface area contributed by atoms with Gasteiger partial charge in [0, 0.05) is 22.7 Å². The van der Waals surface area contributed by atoms with Crippen molar-refractivity contribution in [2.24, 2.45) is 0 Å². The summed E-state index contributed by atoms with van der Waals surface area (Å²) in [5.74, 6) is -1.36. The quantitative estimate of drug-likeness (QED) is 0.681. The van der Waals surface area contributed by atoms with Crippen molar-refractivity contribution in [3.05, 3.63) is 58.3 Å². The SMILES string of the molecule is O=C([O-])c1ccc(-c2ccc(Cl)c3cccnc23)nc1Cl. The molecule has 4 nitrogen and oxygen atoms in total. The van der Waals surface area contributed by atoms with E-state index in [4.69, 9.17) is 23.2 Å². The molecule has 0 saturated carbocycles. The number of carboxylic acids is 1. The zero-order valence-corrected chi connectivity index (χ0v) is 12.0. The Labute approximate surface area is 130 Å². The van der Waals surface area contributed by atoms with Crippen LogP contribution in [0.2, 0.25) is 10.2 Å². The van der Waals surface area contributed by atoms with Gasteiger partial charge in [-0.3, -0.25) is 4.98 Å². The molecule has 104 valence electrons. The molecule has 1 aromatic carbocycles. The number of pyridine rings is 2. The maximum Gasteiger partial charge on any atom is 0.138 e. The number of hydrogen-bond acceptors (Lipinski definition) is 4. The van der Waals surface area contributed by atoms with E-state index in [1.807, 2.05) is 6.07 Å². The first kappa shape index (κ1) is 13.8. The van der Waals surface area contributed by atoms with Crippen LogP contribution in [0.3, 0.4) is 0 Å². The monoisotopic (exact) mass is 317 g/mol. The average molecular weight is 318 g/mol. The van der Waals surface area contributed by atoms with Gasteiger partial charge in [-0.15, -0.1) is 0 Å². The fourth-order valence-corrected chi connectivity index (χ4v) is 2.53. The summed E-state index contributed by atoms with van der Waals surface area (Å²) in [6.45, 7) is 0. The molecule has 0 bridgehead atoms. The molecule has 3 aromatic rings. The standard InChI is InChI=1S/C15H8Cl2N2O2/c16-11-5-3-9(13-8(11)2-1-7-18-13)12-6-4-10(15(20)21)14(17)19-12/h1-7H,(H,20,21)/p-1. The van der Waals surface area contributed by atoms with Gasteiger partial charge in [0.05, 0.1) is 22.2 Å². The fourth-order valence-electron chi connectivity index (χ4n) is 2.08. The third-order valence-corrected chi connectivity index (χ3v) is 3.68. The summed E-state index contributed by atoms with van der Waals surface area (Å²) in [4.78, 5) is 19.3. The van der Waals surface area contributed by atoms with Gasteiger partial charge in [0.15, 0.2) is 0 Å². The van der Waals surface area contributed by atoms with Gasteiger partial charge in [-0.1, -0.05) is 23.2 Å². The van der Waals surface area contributed by atoms with E-state index in [9.17, 15) is 9.90 Å². The molecule has 21 heavy (non-hydrogen) atoms. The van der Waals surface area contributed by atoms with E-state index in [0.717, 1.165) is 10.9 Å². The van der Waals surface area contributed by atoms with E-state index in [1.54, 1.807) is 30.5 Å². The lowest BCUT2D eigenvalue weighted by Crippen LogP contribution is -2.22. The first-order valence-electron chi connectivity index (χ1n) is 5.99. The Morgan fingerprint density at radius 1 is 1.10 bits per heavy atom. The number of carbonyl (C=O) groups is 1. The van der Waals surface area contributed by atoms with Crippen molar-refractivity contribution in [3.63, 3.8) is 0 Å².